The number of anilines is 1. The molecule has 0 saturated heterocycles. The maximum absolute atomic E-state index is 11.1. The summed E-state index contributed by atoms with van der Waals surface area (Å²) in [7, 11) is -3.52. The Morgan fingerprint density at radius 2 is 2.05 bits per heavy atom. The summed E-state index contributed by atoms with van der Waals surface area (Å²) in [6.07, 6.45) is -0.190. The van der Waals surface area contributed by atoms with Crippen LogP contribution in [0.5, 0.6) is 0 Å². The molecule has 0 fully saturated rings. The molecule has 0 radical (unpaired) electrons. The van der Waals surface area contributed by atoms with Gasteiger partial charge in [-0.2, -0.15) is 0 Å². The maximum Gasteiger partial charge on any atom is 0.335 e. The van der Waals surface area contributed by atoms with Crippen molar-refractivity contribution in [3.63, 3.8) is 0 Å². The molecule has 0 aliphatic heterocycles. The molecule has 7 N–H and O–H groups in total. The summed E-state index contributed by atoms with van der Waals surface area (Å²) < 4.78 is 24.5. The smallest absolute Gasteiger partial charge is 0.335 e. The molecule has 0 amide bonds. The van der Waals surface area contributed by atoms with E-state index in [1.165, 1.54) is 18.2 Å². The number of carboxylic acid groups (broad SMARTS) is 1. The zero-order valence-electron chi connectivity index (χ0n) is 10.1. The number of aliphatic hydroxyl groups excluding tert-OH is 1. The van der Waals surface area contributed by atoms with Crippen LogP contribution in [0.4, 0.5) is 5.69 Å². The van der Waals surface area contributed by atoms with Gasteiger partial charge in [0.05, 0.1) is 23.6 Å². The van der Waals surface area contributed by atoms with Gasteiger partial charge in [0.25, 0.3) is 0 Å². The number of hydrogen-bond donors (Lipinski definition) is 4. The summed E-state index contributed by atoms with van der Waals surface area (Å²) in [5.74, 6) is -1.17. The minimum atomic E-state index is -3.52. The third-order valence-corrected chi connectivity index (χ3v) is 2.77. The molecule has 1 aromatic rings. The molecule has 108 valence electrons. The number of aromatic carboxylic acids is 1. The molecule has 8 nitrogen and oxygen atoms in total. The normalized spacial score (nSPS) is 12.4. The number of nitrogens with one attached hydrogen (secondary N) is 1. The lowest BCUT2D eigenvalue weighted by atomic mass is 10.0. The molecule has 0 saturated carbocycles. The Morgan fingerprint density at radius 3 is 2.47 bits per heavy atom. The fourth-order valence-corrected chi connectivity index (χ4v) is 1.98. The predicted octanol–water partition coefficient (Wildman–Crippen LogP) is -1.08. The molecular weight excluding hydrogens is 276 g/mol. The minimum absolute atomic E-state index is 0. The number of nitrogens with two attached hydrogens (primary N) is 1. The second-order valence-corrected chi connectivity index (χ2v) is 5.48. The molecule has 0 bridgehead atoms. The molecule has 1 atom stereocenters. The first kappa shape index (κ1) is 17.3. The van der Waals surface area contributed by atoms with Crippen molar-refractivity contribution in [2.45, 2.75) is 6.10 Å². The largest absolute Gasteiger partial charge is 0.478 e. The Balaban J connectivity index is 0.00000324. The summed E-state index contributed by atoms with van der Waals surface area (Å²) >= 11 is 0. The van der Waals surface area contributed by atoms with E-state index < -0.39 is 22.1 Å². The highest BCUT2D eigenvalue weighted by Gasteiger charge is 2.16. The molecule has 0 aliphatic carbocycles. The first-order valence-electron chi connectivity index (χ1n) is 4.97. The van der Waals surface area contributed by atoms with Crippen molar-refractivity contribution in [1.29, 1.82) is 0 Å². The van der Waals surface area contributed by atoms with E-state index in [9.17, 15) is 18.3 Å². The van der Waals surface area contributed by atoms with Crippen molar-refractivity contribution in [2.75, 3.05) is 17.5 Å². The lowest BCUT2D eigenvalue weighted by Crippen LogP contribution is -2.17. The van der Waals surface area contributed by atoms with Crippen LogP contribution in [0.1, 0.15) is 22.0 Å². The molecular formula is C10H16N2O6S. The van der Waals surface area contributed by atoms with Gasteiger partial charge in [0.15, 0.2) is 0 Å². The zero-order valence-corrected chi connectivity index (χ0v) is 10.9. The Morgan fingerprint density at radius 1 is 1.47 bits per heavy atom. The first-order valence-corrected chi connectivity index (χ1v) is 6.87. The molecule has 0 aromatic heterocycles. The third-order valence-electron chi connectivity index (χ3n) is 2.18. The SMILES string of the molecule is CS(=O)(=O)Nc1ccc(C(=O)O)cc1C(O)CN.O. The monoisotopic (exact) mass is 292 g/mol. The topological polar surface area (TPSA) is 161 Å². The highest BCUT2D eigenvalue weighted by atomic mass is 32.2. The fraction of sp³-hybridized carbons (Fsp3) is 0.300. The molecule has 1 aromatic carbocycles. The average molecular weight is 292 g/mol. The van der Waals surface area contributed by atoms with Crippen LogP contribution in [0.15, 0.2) is 18.2 Å². The van der Waals surface area contributed by atoms with E-state index in [1.54, 1.807) is 0 Å². The van der Waals surface area contributed by atoms with Gasteiger partial charge in [-0.15, -0.1) is 0 Å². The standard InChI is InChI=1S/C10H14N2O5S.H2O/c1-18(16,17)12-8-3-2-6(10(14)15)4-7(8)9(13)5-11;/h2-4,9,12-13H,5,11H2,1H3,(H,14,15);1H2. The van der Waals surface area contributed by atoms with Crippen LogP contribution >= 0.6 is 0 Å². The van der Waals surface area contributed by atoms with E-state index in [-0.39, 0.29) is 28.8 Å². The molecule has 1 rings (SSSR count). The van der Waals surface area contributed by atoms with Gasteiger partial charge in [0, 0.05) is 12.1 Å². The molecule has 1 unspecified atom stereocenters. The Kier molecular flexibility index (Phi) is 5.90. The molecule has 0 spiro atoms. The number of carboxylic acids is 1. The van der Waals surface area contributed by atoms with Crippen LogP contribution in [0.25, 0.3) is 0 Å². The van der Waals surface area contributed by atoms with Gasteiger partial charge >= 0.3 is 5.97 Å². The van der Waals surface area contributed by atoms with E-state index >= 15 is 0 Å². The second-order valence-electron chi connectivity index (χ2n) is 3.73. The van der Waals surface area contributed by atoms with Crippen molar-refractivity contribution in [1.82, 2.24) is 0 Å². The fourth-order valence-electron chi connectivity index (χ4n) is 1.39. The quantitative estimate of drug-likeness (QED) is 0.539. The van der Waals surface area contributed by atoms with Crippen LogP contribution in [-0.2, 0) is 10.0 Å². The summed E-state index contributed by atoms with van der Waals surface area (Å²) in [4.78, 5) is 10.8. The molecule has 9 heteroatoms. The van der Waals surface area contributed by atoms with Crippen molar-refractivity contribution in [3.05, 3.63) is 29.3 Å². The highest BCUT2D eigenvalue weighted by Crippen LogP contribution is 2.24. The van der Waals surface area contributed by atoms with Crippen LogP contribution in [0.2, 0.25) is 0 Å². The van der Waals surface area contributed by atoms with Crippen LogP contribution in [0.3, 0.4) is 0 Å². The van der Waals surface area contributed by atoms with Gasteiger partial charge in [-0.05, 0) is 18.2 Å². The van der Waals surface area contributed by atoms with Crippen LogP contribution in [-0.4, -0.2) is 42.9 Å². The van der Waals surface area contributed by atoms with Crippen LogP contribution in [0, 0.1) is 0 Å². The summed E-state index contributed by atoms with van der Waals surface area (Å²) in [5, 5.41) is 18.5. The lowest BCUT2D eigenvalue weighted by molar-refractivity contribution is 0.0696. The van der Waals surface area contributed by atoms with E-state index in [0.717, 1.165) is 6.26 Å². The number of rotatable bonds is 5. The Bertz CT molecular complexity index is 557. The molecule has 0 aliphatic rings. The summed E-state index contributed by atoms with van der Waals surface area (Å²) in [6, 6.07) is 3.70. The van der Waals surface area contributed by atoms with Gasteiger partial charge in [0.1, 0.15) is 0 Å². The Hall–Kier alpha value is -1.68. The predicted molar refractivity (Wildman–Crippen MR) is 69.5 cm³/mol. The number of carbonyl (C=O) groups is 1. The van der Waals surface area contributed by atoms with Crippen molar-refractivity contribution < 1.29 is 28.9 Å². The van der Waals surface area contributed by atoms with E-state index in [2.05, 4.69) is 4.72 Å². The van der Waals surface area contributed by atoms with Gasteiger partial charge in [-0.1, -0.05) is 0 Å². The van der Waals surface area contributed by atoms with E-state index in [1.807, 2.05) is 0 Å². The minimum Gasteiger partial charge on any atom is -0.478 e. The van der Waals surface area contributed by atoms with Gasteiger partial charge in [0.2, 0.25) is 10.0 Å². The summed E-state index contributed by atoms with van der Waals surface area (Å²) in [5.41, 5.74) is 5.47. The number of benzene rings is 1. The second kappa shape index (κ2) is 6.48. The maximum atomic E-state index is 11.1. The van der Waals surface area contributed by atoms with E-state index in [4.69, 9.17) is 10.8 Å². The van der Waals surface area contributed by atoms with Gasteiger partial charge in [-0.25, -0.2) is 13.2 Å². The average Bonchev–Trinajstić information content (AvgIpc) is 2.26. The number of hydrogen-bond acceptors (Lipinski definition) is 5. The highest BCUT2D eigenvalue weighted by molar-refractivity contribution is 7.92. The lowest BCUT2D eigenvalue weighted by Gasteiger charge is -2.15. The van der Waals surface area contributed by atoms with Gasteiger partial charge in [-0.3, -0.25) is 4.72 Å². The van der Waals surface area contributed by atoms with E-state index in [0.29, 0.717) is 0 Å². The zero-order chi connectivity index (χ0) is 13.9. The first-order chi connectivity index (χ1) is 8.24. The van der Waals surface area contributed by atoms with Gasteiger partial charge < -0.3 is 21.4 Å². The molecule has 0 heterocycles. The Labute approximate surface area is 110 Å². The summed E-state index contributed by atoms with van der Waals surface area (Å²) in [6.45, 7) is -0.151. The van der Waals surface area contributed by atoms with Crippen LogP contribution < -0.4 is 10.5 Å². The third kappa shape index (κ3) is 4.83. The number of sulfonamides is 1. The molecule has 19 heavy (non-hydrogen) atoms. The number of aliphatic hydroxyl groups is 1. The van der Waals surface area contributed by atoms with Crippen molar-refractivity contribution in [2.24, 2.45) is 5.73 Å². The van der Waals surface area contributed by atoms with Crippen molar-refractivity contribution >= 4 is 21.7 Å². The van der Waals surface area contributed by atoms with Crippen molar-refractivity contribution in [3.8, 4) is 0 Å².